The fourth-order valence-corrected chi connectivity index (χ4v) is 0. The van der Waals surface area contributed by atoms with Gasteiger partial charge >= 0.3 is 34.4 Å². The Bertz CT molecular complexity index is 100. The minimum absolute atomic E-state index is 0. The van der Waals surface area contributed by atoms with Crippen LogP contribution in [0, 0.1) is 0 Å². The van der Waals surface area contributed by atoms with Crippen molar-refractivity contribution in [2.24, 2.45) is 0 Å². The Morgan fingerprint density at radius 2 is 0.520 bits per heavy atom. The van der Waals surface area contributed by atoms with Crippen molar-refractivity contribution < 1.29 is 47.7 Å². The van der Waals surface area contributed by atoms with Crippen LogP contribution in [-0.4, -0.2) is 59.6 Å². The molecule has 0 aromatic rings. The fourth-order valence-electron chi connectivity index (χ4n) is 0. The third-order valence-corrected chi connectivity index (χ3v) is 0. The van der Waals surface area contributed by atoms with Gasteiger partial charge in [0, 0.05) is 6.61 Å². The molecule has 0 bridgehead atoms. The van der Waals surface area contributed by atoms with Crippen molar-refractivity contribution in [3.8, 4) is 0 Å². The van der Waals surface area contributed by atoms with Gasteiger partial charge in [0.25, 0.3) is 0 Å². The maximum Gasteiger partial charge on any atom is 3.00 e. The van der Waals surface area contributed by atoms with E-state index < -0.39 is 30.5 Å². The van der Waals surface area contributed by atoms with Crippen LogP contribution in [-0.2, 0) is 17.1 Å². The van der Waals surface area contributed by atoms with Gasteiger partial charge in [-0.25, -0.2) is 0 Å². The molecule has 0 spiro atoms. The monoisotopic (exact) mass is 424 g/mol. The van der Waals surface area contributed by atoms with Gasteiger partial charge in [-0.3, -0.25) is 0 Å². The van der Waals surface area contributed by atoms with Gasteiger partial charge in [0.15, 0.2) is 0 Å². The molecule has 0 aromatic heterocycles. The number of hydrogen-bond acceptors (Lipinski definition) is 6. The van der Waals surface area contributed by atoms with Crippen LogP contribution in [0.1, 0.15) is 76.2 Å². The summed E-state index contributed by atoms with van der Waals surface area (Å²) >= 11 is 0. The summed E-state index contributed by atoms with van der Waals surface area (Å²) in [7, 11) is 0. The molecular formula is C17H41AlFeO6. The second kappa shape index (κ2) is 49.8. The zero-order chi connectivity index (χ0) is 20.6. The average molecular weight is 424 g/mol. The first-order chi connectivity index (χ1) is 10.1. The van der Waals surface area contributed by atoms with Crippen LogP contribution >= 0.6 is 0 Å². The fraction of sp³-hybridized carbons (Fsp3) is 1.00. The van der Waals surface area contributed by atoms with E-state index in [2.05, 4.69) is 0 Å². The Balaban J connectivity index is -0.0000000228. The molecule has 0 atom stereocenters. The second-order valence-electron chi connectivity index (χ2n) is 5.56. The molecule has 0 aliphatic carbocycles. The van der Waals surface area contributed by atoms with E-state index in [-0.39, 0.29) is 41.0 Å². The van der Waals surface area contributed by atoms with Crippen LogP contribution in [0.5, 0.6) is 0 Å². The van der Waals surface area contributed by atoms with Gasteiger partial charge in [-0.05, 0) is 6.92 Å². The second-order valence-corrected chi connectivity index (χ2v) is 5.56. The van der Waals surface area contributed by atoms with E-state index in [1.54, 1.807) is 76.2 Å². The van der Waals surface area contributed by atoms with E-state index in [4.69, 9.17) is 5.11 Å². The molecule has 0 fully saturated rings. The zero-order valence-electron chi connectivity index (χ0n) is 18.0. The standard InChI is InChI=1S/5C3H7O.C2H6O.Al.Fe/c5*1-3(2)4;1-2-3;;/h5*3H,1-2H3;3H,2H2,1H3;;/q5*-1;;+3;+2. The van der Waals surface area contributed by atoms with E-state index in [1.165, 1.54) is 0 Å². The van der Waals surface area contributed by atoms with E-state index in [9.17, 15) is 25.5 Å². The third kappa shape index (κ3) is 19600. The predicted octanol–water partition coefficient (Wildman–Crippen LogP) is -1.61. The van der Waals surface area contributed by atoms with Crippen molar-refractivity contribution >= 4 is 17.4 Å². The topological polar surface area (TPSA) is 136 Å². The van der Waals surface area contributed by atoms with Crippen LogP contribution in [0.25, 0.3) is 0 Å². The van der Waals surface area contributed by atoms with Crippen molar-refractivity contribution in [1.29, 1.82) is 0 Å². The Morgan fingerprint density at radius 1 is 0.520 bits per heavy atom. The molecule has 156 valence electrons. The predicted molar refractivity (Wildman–Crippen MR) is 94.2 cm³/mol. The first kappa shape index (κ1) is 50.1. The van der Waals surface area contributed by atoms with Crippen molar-refractivity contribution in [3.05, 3.63) is 0 Å². The van der Waals surface area contributed by atoms with E-state index in [0.717, 1.165) is 0 Å². The molecule has 0 saturated heterocycles. The van der Waals surface area contributed by atoms with Gasteiger partial charge in [-0.1, -0.05) is 69.2 Å². The molecule has 0 aliphatic rings. The van der Waals surface area contributed by atoms with Crippen molar-refractivity contribution in [3.63, 3.8) is 0 Å². The Labute approximate surface area is 178 Å². The molecule has 0 radical (unpaired) electrons. The van der Waals surface area contributed by atoms with Gasteiger partial charge in [0.05, 0.1) is 0 Å². The third-order valence-electron chi connectivity index (χ3n) is 0. The minimum atomic E-state index is -0.417. The largest absolute Gasteiger partial charge is 3.00 e. The summed E-state index contributed by atoms with van der Waals surface area (Å²) in [5.74, 6) is 0. The first-order valence-corrected chi connectivity index (χ1v) is 7.98. The van der Waals surface area contributed by atoms with Gasteiger partial charge in [0.2, 0.25) is 0 Å². The number of aliphatic hydroxyl groups excluding tert-OH is 1. The van der Waals surface area contributed by atoms with Crippen molar-refractivity contribution in [1.82, 2.24) is 0 Å². The molecule has 0 aromatic carbocycles. The first-order valence-electron chi connectivity index (χ1n) is 7.98. The van der Waals surface area contributed by atoms with Gasteiger partial charge in [-0.15, -0.1) is 30.5 Å². The van der Waals surface area contributed by atoms with Crippen LogP contribution in [0.15, 0.2) is 0 Å². The Hall–Kier alpha value is 0.812. The normalized spacial score (nSPS) is 7.92. The molecule has 25 heavy (non-hydrogen) atoms. The molecule has 0 aliphatic heterocycles. The van der Waals surface area contributed by atoms with Crippen LogP contribution in [0.3, 0.4) is 0 Å². The summed E-state index contributed by atoms with van der Waals surface area (Å²) in [5, 5.41) is 55.2. The van der Waals surface area contributed by atoms with E-state index in [0.29, 0.717) is 0 Å². The van der Waals surface area contributed by atoms with Crippen LogP contribution in [0.4, 0.5) is 0 Å². The Morgan fingerprint density at radius 3 is 0.520 bits per heavy atom. The van der Waals surface area contributed by atoms with Gasteiger partial charge in [0.1, 0.15) is 0 Å². The minimum Gasteiger partial charge on any atom is -0.852 e. The number of hydrogen-bond donors (Lipinski definition) is 1. The molecule has 8 heteroatoms. The summed E-state index contributed by atoms with van der Waals surface area (Å²) in [6.07, 6.45) is -2.08. The van der Waals surface area contributed by atoms with Crippen LogP contribution < -0.4 is 25.5 Å². The van der Waals surface area contributed by atoms with E-state index in [1.807, 2.05) is 0 Å². The molecular weight excluding hydrogens is 383 g/mol. The molecule has 1 N–H and O–H groups in total. The quantitative estimate of drug-likeness (QED) is 0.465. The van der Waals surface area contributed by atoms with Crippen LogP contribution in [0.2, 0.25) is 0 Å². The molecule has 0 amide bonds. The van der Waals surface area contributed by atoms with Crippen molar-refractivity contribution in [2.45, 2.75) is 107 Å². The zero-order valence-corrected chi connectivity index (χ0v) is 20.3. The van der Waals surface area contributed by atoms with Gasteiger partial charge in [-0.2, -0.15) is 0 Å². The number of aliphatic hydroxyl groups is 1. The molecule has 0 rings (SSSR count). The smallest absolute Gasteiger partial charge is 0.852 e. The summed E-state index contributed by atoms with van der Waals surface area (Å²) < 4.78 is 0. The average Bonchev–Trinajstić information content (AvgIpc) is 2.11. The molecule has 0 saturated carbocycles. The molecule has 0 unspecified atom stereocenters. The SMILES string of the molecule is CC(C)[O-].CC(C)[O-].CC(C)[O-].CC(C)[O-].CC(C)[O-].CCO.[Al+3].[Fe+2]. The van der Waals surface area contributed by atoms with E-state index >= 15 is 0 Å². The Kier molecular flexibility index (Phi) is 99.7. The maximum absolute atomic E-state index is 9.53. The summed E-state index contributed by atoms with van der Waals surface area (Å²) in [6, 6.07) is 0. The molecule has 6 nitrogen and oxygen atoms in total. The number of rotatable bonds is 0. The summed E-state index contributed by atoms with van der Waals surface area (Å²) in [4.78, 5) is 0. The summed E-state index contributed by atoms with van der Waals surface area (Å²) in [5.41, 5.74) is 0. The molecule has 0 heterocycles. The summed E-state index contributed by atoms with van der Waals surface area (Å²) in [6.45, 7) is 18.0. The van der Waals surface area contributed by atoms with Gasteiger partial charge < -0.3 is 30.6 Å². The van der Waals surface area contributed by atoms with Crippen molar-refractivity contribution in [2.75, 3.05) is 6.61 Å². The maximum atomic E-state index is 9.53.